The van der Waals surface area contributed by atoms with E-state index in [0.29, 0.717) is 11.4 Å². The van der Waals surface area contributed by atoms with E-state index < -0.39 is 19.4 Å². The summed E-state index contributed by atoms with van der Waals surface area (Å²) in [4.78, 5) is 16.2. The number of aromatic amines is 1. The molecule has 0 amide bonds. The molecule has 0 radical (unpaired) electrons. The van der Waals surface area contributed by atoms with Crippen LogP contribution in [0.3, 0.4) is 0 Å². The van der Waals surface area contributed by atoms with E-state index in [0.717, 1.165) is 16.7 Å². The van der Waals surface area contributed by atoms with Crippen molar-refractivity contribution in [1.29, 1.82) is 0 Å². The summed E-state index contributed by atoms with van der Waals surface area (Å²) in [6, 6.07) is 19.0. The lowest BCUT2D eigenvalue weighted by Crippen LogP contribution is -2.08. The molecule has 0 aliphatic rings. The van der Waals surface area contributed by atoms with E-state index in [2.05, 4.69) is 25.6 Å². The van der Waals surface area contributed by atoms with Gasteiger partial charge < -0.3 is 9.84 Å². The molecular weight excluding hydrogens is 420 g/mol. The number of rotatable bonds is 7. The number of aromatic nitrogens is 6. The van der Waals surface area contributed by atoms with Crippen LogP contribution in [0.25, 0.3) is 33.5 Å². The van der Waals surface area contributed by atoms with Crippen LogP contribution >= 0.6 is 0 Å². The quantitative estimate of drug-likeness (QED) is 0.388. The van der Waals surface area contributed by atoms with Gasteiger partial charge in [-0.05, 0) is 40.9 Å². The fraction of sp³-hybridized carbons (Fsp3) is 0.125. The molecule has 33 heavy (non-hydrogen) atoms. The van der Waals surface area contributed by atoms with E-state index in [1.807, 2.05) is 48.5 Å². The summed E-state index contributed by atoms with van der Waals surface area (Å²) in [7, 11) is 0. The fourth-order valence-electron chi connectivity index (χ4n) is 3.79. The van der Waals surface area contributed by atoms with Gasteiger partial charge in [0.15, 0.2) is 0 Å². The third-order valence-corrected chi connectivity index (χ3v) is 5.22. The summed E-state index contributed by atoms with van der Waals surface area (Å²) < 4.78 is 44.9. The Morgan fingerprint density at radius 3 is 2.67 bits per heavy atom. The molecule has 2 aromatic heterocycles. The van der Waals surface area contributed by atoms with Crippen LogP contribution < -0.4 is 4.74 Å². The molecule has 0 bridgehead atoms. The topological polar surface area (TPSA) is 119 Å². The van der Waals surface area contributed by atoms with Crippen molar-refractivity contribution in [2.45, 2.75) is 13.4 Å². The van der Waals surface area contributed by atoms with Gasteiger partial charge in [0.2, 0.25) is 5.82 Å². The van der Waals surface area contributed by atoms with Crippen LogP contribution in [0.5, 0.6) is 6.01 Å². The highest BCUT2D eigenvalue weighted by Crippen LogP contribution is 2.31. The molecular formula is C24H20N6O3. The average Bonchev–Trinajstić information content (AvgIpc) is 3.52. The molecule has 5 aromatic rings. The van der Waals surface area contributed by atoms with Gasteiger partial charge in [-0.2, -0.15) is 10.2 Å². The largest absolute Gasteiger partial charge is 0.478 e. The Bertz CT molecular complexity index is 1620. The van der Waals surface area contributed by atoms with Gasteiger partial charge in [0, 0.05) is 9.68 Å². The number of nitrogens with one attached hydrogen (secondary N) is 1. The van der Waals surface area contributed by atoms with Gasteiger partial charge in [-0.1, -0.05) is 54.6 Å². The lowest BCUT2D eigenvalue weighted by molar-refractivity contribution is 0.0698. The summed E-state index contributed by atoms with van der Waals surface area (Å²) in [5.74, 6) is -0.767. The Morgan fingerprint density at radius 1 is 1.12 bits per heavy atom. The molecule has 9 heteroatoms. The molecule has 0 unspecified atom stereocenters. The Balaban J connectivity index is 1.55. The van der Waals surface area contributed by atoms with Crippen molar-refractivity contribution in [2.75, 3.05) is 6.56 Å². The molecule has 0 saturated carbocycles. The molecule has 0 aliphatic heterocycles. The monoisotopic (exact) mass is 445 g/mol. The number of benzene rings is 3. The van der Waals surface area contributed by atoms with E-state index in [9.17, 15) is 9.90 Å². The van der Waals surface area contributed by atoms with Crippen LogP contribution in [-0.4, -0.2) is 47.8 Å². The maximum atomic E-state index is 11.9. The molecule has 0 atom stereocenters. The highest BCUT2D eigenvalue weighted by Gasteiger charge is 2.19. The predicted octanol–water partition coefficient (Wildman–Crippen LogP) is 4.03. The van der Waals surface area contributed by atoms with Crippen LogP contribution in [0.4, 0.5) is 0 Å². The van der Waals surface area contributed by atoms with Gasteiger partial charge in [-0.15, -0.1) is 10.2 Å². The first kappa shape index (κ1) is 15.3. The van der Waals surface area contributed by atoms with Crippen LogP contribution in [-0.2, 0) is 6.54 Å². The van der Waals surface area contributed by atoms with E-state index in [1.165, 1.54) is 16.7 Å². The second-order valence-electron chi connectivity index (χ2n) is 7.14. The third kappa shape index (κ3) is 3.80. The SMILES string of the molecule is [2H]C([2H])([2H])C([2H])([2H])Oc1nc2cccc(C(=O)O)c2n1Cc1ccc(-c2ccccc2-c2nn[nH]n2)cc1. The lowest BCUT2D eigenvalue weighted by atomic mass is 9.98. The fourth-order valence-corrected chi connectivity index (χ4v) is 3.79. The zero-order chi connectivity index (χ0) is 27.1. The first-order chi connectivity index (χ1) is 18.0. The van der Waals surface area contributed by atoms with Crippen molar-refractivity contribution in [1.82, 2.24) is 30.2 Å². The molecule has 3 aromatic carbocycles. The first-order valence-electron chi connectivity index (χ1n) is 12.4. The van der Waals surface area contributed by atoms with Gasteiger partial charge in [0.1, 0.15) is 0 Å². The van der Waals surface area contributed by atoms with Crippen LogP contribution in [0.2, 0.25) is 0 Å². The van der Waals surface area contributed by atoms with Crippen molar-refractivity contribution < 1.29 is 21.5 Å². The zero-order valence-corrected chi connectivity index (χ0v) is 17.1. The van der Waals surface area contributed by atoms with Gasteiger partial charge in [0.25, 0.3) is 6.01 Å². The first-order valence-corrected chi connectivity index (χ1v) is 9.89. The van der Waals surface area contributed by atoms with Crippen molar-refractivity contribution in [3.8, 4) is 28.5 Å². The van der Waals surface area contributed by atoms with E-state index in [4.69, 9.17) is 11.6 Å². The number of hydrogen-bond donors (Lipinski definition) is 2. The number of nitrogens with zero attached hydrogens (tertiary/aromatic N) is 5. The molecule has 0 spiro atoms. The molecule has 164 valence electrons. The summed E-state index contributed by atoms with van der Waals surface area (Å²) in [5, 5.41) is 23.9. The van der Waals surface area contributed by atoms with Crippen LogP contribution in [0, 0.1) is 0 Å². The van der Waals surface area contributed by atoms with E-state index in [1.54, 1.807) is 6.07 Å². The van der Waals surface area contributed by atoms with Crippen molar-refractivity contribution >= 4 is 17.0 Å². The molecule has 2 heterocycles. The van der Waals surface area contributed by atoms with Crippen molar-refractivity contribution in [2.24, 2.45) is 0 Å². The van der Waals surface area contributed by atoms with E-state index >= 15 is 0 Å². The molecule has 0 saturated heterocycles. The Morgan fingerprint density at radius 2 is 1.94 bits per heavy atom. The maximum absolute atomic E-state index is 11.9. The molecule has 9 nitrogen and oxygen atoms in total. The van der Waals surface area contributed by atoms with Crippen LogP contribution in [0.1, 0.15) is 29.6 Å². The highest BCUT2D eigenvalue weighted by atomic mass is 16.5. The summed E-state index contributed by atoms with van der Waals surface area (Å²) in [6.07, 6.45) is 0. The summed E-state index contributed by atoms with van der Waals surface area (Å²) in [5.41, 5.74) is 3.57. The van der Waals surface area contributed by atoms with Crippen LogP contribution in [0.15, 0.2) is 66.7 Å². The van der Waals surface area contributed by atoms with Gasteiger partial charge >= 0.3 is 5.97 Å². The maximum Gasteiger partial charge on any atom is 0.337 e. The number of hydrogen-bond acceptors (Lipinski definition) is 6. The minimum Gasteiger partial charge on any atom is -0.478 e. The molecule has 5 rings (SSSR count). The van der Waals surface area contributed by atoms with Crippen molar-refractivity contribution in [3.05, 3.63) is 77.9 Å². The van der Waals surface area contributed by atoms with Gasteiger partial charge in [-0.25, -0.2) is 4.79 Å². The predicted molar refractivity (Wildman–Crippen MR) is 122 cm³/mol. The minimum absolute atomic E-state index is 0.0416. The number of carbonyl (C=O) groups is 1. The number of para-hydroxylation sites is 1. The minimum atomic E-state index is -3.10. The van der Waals surface area contributed by atoms with Gasteiger partial charge in [0.05, 0.1) is 32.4 Å². The smallest absolute Gasteiger partial charge is 0.337 e. The number of ether oxygens (including phenoxy) is 1. The highest BCUT2D eigenvalue weighted by molar-refractivity contribution is 6.01. The second-order valence-corrected chi connectivity index (χ2v) is 7.14. The Hall–Kier alpha value is -4.53. The van der Waals surface area contributed by atoms with Crippen molar-refractivity contribution in [3.63, 3.8) is 0 Å². The molecule has 0 fully saturated rings. The average molecular weight is 445 g/mol. The number of tetrazole rings is 1. The molecule has 2 N–H and O–H groups in total. The number of fused-ring (bicyclic) bond motifs is 1. The number of carboxylic acid groups (broad SMARTS) is 1. The number of aromatic carboxylic acids is 1. The zero-order valence-electron chi connectivity index (χ0n) is 22.1. The lowest BCUT2D eigenvalue weighted by Gasteiger charge is -2.12. The number of carboxylic acids is 1. The van der Waals surface area contributed by atoms with E-state index in [-0.39, 0.29) is 29.2 Å². The summed E-state index contributed by atoms with van der Waals surface area (Å²) in [6.45, 7) is -6.11. The Labute approximate surface area is 195 Å². The number of imidazole rings is 1. The normalized spacial score (nSPS) is 14.1. The Kier molecular flexibility index (Phi) is 3.96. The molecule has 0 aliphatic carbocycles. The summed E-state index contributed by atoms with van der Waals surface area (Å²) >= 11 is 0. The second kappa shape index (κ2) is 8.54. The standard InChI is InChI=1S/C24H20N6O3/c1-2-33-24-25-20-9-5-8-19(23(31)32)21(20)30(24)14-15-10-12-16(13-11-15)17-6-3-4-7-18(17)22-26-28-29-27-22/h3-13H,2,14H2,1H3,(H,31,32)(H,26,27,28,29)/i1D3,2D2. The third-order valence-electron chi connectivity index (χ3n) is 5.22. The van der Waals surface area contributed by atoms with Gasteiger partial charge in [-0.3, -0.25) is 4.57 Å². The number of H-pyrrole nitrogens is 1.